The molecule has 0 aromatic rings. The largest absolute Gasteiger partial charge is 0.462 e. The smallest absolute Gasteiger partial charge is 0.306 e. The molecule has 0 heterocycles. The van der Waals surface area contributed by atoms with Crippen molar-refractivity contribution in [2.45, 2.75) is 335 Å². The molecule has 0 saturated carbocycles. The summed E-state index contributed by atoms with van der Waals surface area (Å²) in [5.41, 5.74) is 0. The molecule has 1 unspecified atom stereocenters. The molecule has 0 saturated heterocycles. The van der Waals surface area contributed by atoms with Crippen LogP contribution in [0.5, 0.6) is 0 Å². The minimum Gasteiger partial charge on any atom is -0.462 e. The fourth-order valence-corrected chi connectivity index (χ4v) is 9.04. The first-order chi connectivity index (χ1) is 35.0. The lowest BCUT2D eigenvalue weighted by atomic mass is 10.0. The predicted molar refractivity (Wildman–Crippen MR) is 307 cm³/mol. The SMILES string of the molecule is CCCC/C=C\C/C=C\CCCCCCCC(=O)OCC(COC(=O)CCCCCCCCCCCCC/C=C\CCCCCCCCCC)OC(=O)CCCCCCC/C=C\CCCCCCCCC. The van der Waals surface area contributed by atoms with Crippen LogP contribution >= 0.6 is 0 Å². The van der Waals surface area contributed by atoms with E-state index in [4.69, 9.17) is 14.2 Å². The van der Waals surface area contributed by atoms with E-state index >= 15 is 0 Å². The molecule has 0 aliphatic heterocycles. The van der Waals surface area contributed by atoms with E-state index in [-0.39, 0.29) is 31.1 Å². The normalized spacial score (nSPS) is 12.3. The van der Waals surface area contributed by atoms with Crippen molar-refractivity contribution in [3.63, 3.8) is 0 Å². The zero-order valence-corrected chi connectivity index (χ0v) is 47.5. The minimum absolute atomic E-state index is 0.0794. The molecule has 0 radical (unpaired) electrons. The van der Waals surface area contributed by atoms with Gasteiger partial charge in [0, 0.05) is 19.3 Å². The molecule has 0 N–H and O–H groups in total. The average molecular weight is 996 g/mol. The summed E-state index contributed by atoms with van der Waals surface area (Å²) in [6.45, 7) is 6.62. The van der Waals surface area contributed by atoms with Crippen LogP contribution < -0.4 is 0 Å². The minimum atomic E-state index is -0.783. The van der Waals surface area contributed by atoms with Crippen molar-refractivity contribution in [1.82, 2.24) is 0 Å². The standard InChI is InChI=1S/C65H118O6/c1-4-7-10-13-16-19-22-25-28-30-31-32-33-34-35-36-38-40-43-46-49-52-55-58-64(67)70-61-62(60-69-63(66)57-54-51-48-45-42-39-27-24-21-18-15-12-9-6-3)71-65(68)59-56-53-50-47-44-41-37-29-26-23-20-17-14-11-8-5-2/h15,18,24,27,29-31,37,62H,4-14,16-17,19-23,25-26,28,32-36,38-61H2,1-3H3/b18-15-,27-24-,31-30-,37-29-. The molecule has 6 nitrogen and oxygen atoms in total. The van der Waals surface area contributed by atoms with Crippen molar-refractivity contribution in [3.05, 3.63) is 48.6 Å². The van der Waals surface area contributed by atoms with Crippen LogP contribution in [0.2, 0.25) is 0 Å². The molecule has 0 aliphatic rings. The van der Waals surface area contributed by atoms with Crippen molar-refractivity contribution in [2.75, 3.05) is 13.2 Å². The van der Waals surface area contributed by atoms with Gasteiger partial charge in [0.05, 0.1) is 0 Å². The Morgan fingerprint density at radius 2 is 0.521 bits per heavy atom. The quantitative estimate of drug-likeness (QED) is 0.0261. The monoisotopic (exact) mass is 995 g/mol. The first kappa shape index (κ1) is 68.4. The topological polar surface area (TPSA) is 78.9 Å². The summed E-state index contributed by atoms with van der Waals surface area (Å²) < 4.78 is 16.9. The summed E-state index contributed by atoms with van der Waals surface area (Å²) in [7, 11) is 0. The average Bonchev–Trinajstić information content (AvgIpc) is 3.37. The van der Waals surface area contributed by atoms with Crippen molar-refractivity contribution < 1.29 is 28.6 Å². The molecular formula is C65H118O6. The lowest BCUT2D eigenvalue weighted by Crippen LogP contribution is -2.30. The van der Waals surface area contributed by atoms with E-state index in [0.717, 1.165) is 89.9 Å². The number of allylic oxidation sites excluding steroid dienone is 8. The van der Waals surface area contributed by atoms with Crippen molar-refractivity contribution in [3.8, 4) is 0 Å². The summed E-state index contributed by atoms with van der Waals surface area (Å²) in [6, 6.07) is 0. The van der Waals surface area contributed by atoms with Gasteiger partial charge in [-0.3, -0.25) is 14.4 Å². The highest BCUT2D eigenvalue weighted by atomic mass is 16.6. The van der Waals surface area contributed by atoms with Gasteiger partial charge in [-0.05, 0) is 96.3 Å². The Hall–Kier alpha value is -2.63. The summed E-state index contributed by atoms with van der Waals surface area (Å²) >= 11 is 0. The number of carbonyl (C=O) groups excluding carboxylic acids is 3. The summed E-state index contributed by atoms with van der Waals surface area (Å²) in [5.74, 6) is -0.887. The van der Waals surface area contributed by atoms with Gasteiger partial charge in [-0.25, -0.2) is 0 Å². The van der Waals surface area contributed by atoms with E-state index in [1.54, 1.807) is 0 Å². The molecule has 0 rings (SSSR count). The lowest BCUT2D eigenvalue weighted by molar-refractivity contribution is -0.167. The lowest BCUT2D eigenvalue weighted by Gasteiger charge is -2.18. The Bertz CT molecular complexity index is 1230. The number of rotatable bonds is 57. The van der Waals surface area contributed by atoms with Crippen LogP contribution in [0.15, 0.2) is 48.6 Å². The molecule has 0 aromatic carbocycles. The number of hydrogen-bond acceptors (Lipinski definition) is 6. The Kier molecular flexibility index (Phi) is 57.7. The van der Waals surface area contributed by atoms with Gasteiger partial charge in [0.1, 0.15) is 13.2 Å². The van der Waals surface area contributed by atoms with Gasteiger partial charge in [-0.2, -0.15) is 0 Å². The van der Waals surface area contributed by atoms with Crippen LogP contribution in [0, 0.1) is 0 Å². The molecule has 0 aromatic heterocycles. The van der Waals surface area contributed by atoms with Crippen molar-refractivity contribution in [1.29, 1.82) is 0 Å². The molecule has 414 valence electrons. The molecule has 0 aliphatic carbocycles. The maximum atomic E-state index is 12.9. The van der Waals surface area contributed by atoms with E-state index in [0.29, 0.717) is 19.3 Å². The molecule has 71 heavy (non-hydrogen) atoms. The highest BCUT2D eigenvalue weighted by Gasteiger charge is 2.19. The molecular weight excluding hydrogens is 877 g/mol. The van der Waals surface area contributed by atoms with Gasteiger partial charge in [-0.15, -0.1) is 0 Å². The molecule has 1 atom stereocenters. The van der Waals surface area contributed by atoms with Crippen LogP contribution in [0.1, 0.15) is 329 Å². The maximum absolute atomic E-state index is 12.9. The van der Waals surface area contributed by atoms with Crippen LogP contribution in [0.25, 0.3) is 0 Å². The van der Waals surface area contributed by atoms with Crippen molar-refractivity contribution in [2.24, 2.45) is 0 Å². The van der Waals surface area contributed by atoms with Crippen LogP contribution in [0.3, 0.4) is 0 Å². The number of ether oxygens (including phenoxy) is 3. The third kappa shape index (κ3) is 58.1. The zero-order valence-electron chi connectivity index (χ0n) is 47.5. The first-order valence-electron chi connectivity index (χ1n) is 31.1. The zero-order chi connectivity index (χ0) is 51.4. The third-order valence-corrected chi connectivity index (χ3v) is 13.8. The van der Waals surface area contributed by atoms with Crippen LogP contribution in [0.4, 0.5) is 0 Å². The molecule has 0 spiro atoms. The first-order valence-corrected chi connectivity index (χ1v) is 31.1. The maximum Gasteiger partial charge on any atom is 0.306 e. The molecule has 0 amide bonds. The van der Waals surface area contributed by atoms with E-state index in [1.807, 2.05) is 0 Å². The Morgan fingerprint density at radius 3 is 0.831 bits per heavy atom. The number of unbranched alkanes of at least 4 members (excludes halogenated alkanes) is 38. The van der Waals surface area contributed by atoms with E-state index < -0.39 is 6.10 Å². The van der Waals surface area contributed by atoms with Gasteiger partial charge in [-0.1, -0.05) is 262 Å². The molecule has 0 fully saturated rings. The number of hydrogen-bond donors (Lipinski definition) is 0. The van der Waals surface area contributed by atoms with E-state index in [2.05, 4.69) is 69.4 Å². The summed E-state index contributed by atoms with van der Waals surface area (Å²) in [4.78, 5) is 38.2. The van der Waals surface area contributed by atoms with Gasteiger partial charge in [0.25, 0.3) is 0 Å². The van der Waals surface area contributed by atoms with Gasteiger partial charge in [0.2, 0.25) is 0 Å². The number of esters is 3. The second kappa shape index (κ2) is 59.9. The Labute approximate surface area is 441 Å². The summed E-state index contributed by atoms with van der Waals surface area (Å²) in [5, 5.41) is 0. The number of carbonyl (C=O) groups is 3. The second-order valence-corrected chi connectivity index (χ2v) is 21.0. The predicted octanol–water partition coefficient (Wildman–Crippen LogP) is 21.0. The van der Waals surface area contributed by atoms with Crippen molar-refractivity contribution >= 4 is 17.9 Å². The van der Waals surface area contributed by atoms with Crippen LogP contribution in [-0.2, 0) is 28.6 Å². The Balaban J connectivity index is 4.31. The fourth-order valence-electron chi connectivity index (χ4n) is 9.04. The molecule has 6 heteroatoms. The third-order valence-electron chi connectivity index (χ3n) is 13.8. The van der Waals surface area contributed by atoms with E-state index in [9.17, 15) is 14.4 Å². The fraction of sp³-hybridized carbons (Fsp3) is 0.831. The highest BCUT2D eigenvalue weighted by Crippen LogP contribution is 2.16. The van der Waals surface area contributed by atoms with Gasteiger partial charge < -0.3 is 14.2 Å². The second-order valence-electron chi connectivity index (χ2n) is 21.0. The summed E-state index contributed by atoms with van der Waals surface area (Å²) in [6.07, 6.45) is 74.0. The molecule has 0 bridgehead atoms. The van der Waals surface area contributed by atoms with Gasteiger partial charge >= 0.3 is 17.9 Å². The van der Waals surface area contributed by atoms with Crippen LogP contribution in [-0.4, -0.2) is 37.2 Å². The highest BCUT2D eigenvalue weighted by molar-refractivity contribution is 5.71. The van der Waals surface area contributed by atoms with E-state index in [1.165, 1.54) is 199 Å². The van der Waals surface area contributed by atoms with Gasteiger partial charge in [0.15, 0.2) is 6.10 Å². The Morgan fingerprint density at radius 1 is 0.282 bits per heavy atom.